The summed E-state index contributed by atoms with van der Waals surface area (Å²) in [4.78, 5) is 10.1. The SMILES string of the molecule is NCCCCC(N)C(=O)O.[CH2-]CCCC.[Na+]. The van der Waals surface area contributed by atoms with E-state index in [9.17, 15) is 4.79 Å². The second-order valence-corrected chi connectivity index (χ2v) is 3.44. The summed E-state index contributed by atoms with van der Waals surface area (Å²) in [6.45, 7) is 6.45. The van der Waals surface area contributed by atoms with Gasteiger partial charge in [-0.3, -0.25) is 4.79 Å². The summed E-state index contributed by atoms with van der Waals surface area (Å²) in [5, 5.41) is 8.33. The second-order valence-electron chi connectivity index (χ2n) is 3.44. The quantitative estimate of drug-likeness (QED) is 0.288. The van der Waals surface area contributed by atoms with E-state index >= 15 is 0 Å². The standard InChI is InChI=1S/C6H14N2O2.C5H11.Na/c7-4-2-1-3-5(8)6(9)10;1-3-5-4-2;/h5H,1-4,7-8H2,(H,9,10);1,3-5H2,2H3;/q;-1;+1. The van der Waals surface area contributed by atoms with Crippen molar-refractivity contribution in [3.8, 4) is 0 Å². The first kappa shape index (κ1) is 21.7. The van der Waals surface area contributed by atoms with E-state index in [0.717, 1.165) is 19.3 Å². The first-order valence-corrected chi connectivity index (χ1v) is 5.57. The Morgan fingerprint density at radius 3 is 2.19 bits per heavy atom. The van der Waals surface area contributed by atoms with Crippen LogP contribution in [0.15, 0.2) is 0 Å². The van der Waals surface area contributed by atoms with Crippen LogP contribution in [0, 0.1) is 6.92 Å². The van der Waals surface area contributed by atoms with E-state index in [2.05, 4.69) is 13.8 Å². The van der Waals surface area contributed by atoms with E-state index in [-0.39, 0.29) is 29.6 Å². The third-order valence-electron chi connectivity index (χ3n) is 1.89. The molecule has 0 radical (unpaired) electrons. The Morgan fingerprint density at radius 2 is 1.94 bits per heavy atom. The molecule has 5 N–H and O–H groups in total. The Hall–Kier alpha value is 0.390. The number of hydrogen-bond acceptors (Lipinski definition) is 3. The van der Waals surface area contributed by atoms with Gasteiger partial charge in [-0.2, -0.15) is 6.42 Å². The van der Waals surface area contributed by atoms with Gasteiger partial charge in [-0.05, 0) is 19.4 Å². The smallest absolute Gasteiger partial charge is 0.480 e. The molecule has 0 saturated carbocycles. The van der Waals surface area contributed by atoms with E-state index in [1.165, 1.54) is 12.8 Å². The maximum absolute atomic E-state index is 10.1. The van der Waals surface area contributed by atoms with Crippen LogP contribution in [0.2, 0.25) is 0 Å². The number of carbonyl (C=O) groups is 1. The van der Waals surface area contributed by atoms with Crippen molar-refractivity contribution in [1.82, 2.24) is 0 Å². The van der Waals surface area contributed by atoms with Gasteiger partial charge in [0, 0.05) is 0 Å². The Morgan fingerprint density at radius 1 is 1.38 bits per heavy atom. The van der Waals surface area contributed by atoms with Crippen molar-refractivity contribution in [2.45, 2.75) is 51.5 Å². The maximum atomic E-state index is 10.1. The van der Waals surface area contributed by atoms with E-state index in [0.29, 0.717) is 13.0 Å². The normalized spacial score (nSPS) is 10.8. The van der Waals surface area contributed by atoms with Gasteiger partial charge in [-0.25, -0.2) is 0 Å². The van der Waals surface area contributed by atoms with E-state index in [4.69, 9.17) is 16.6 Å². The van der Waals surface area contributed by atoms with Gasteiger partial charge in [0.15, 0.2) is 0 Å². The molecule has 0 saturated heterocycles. The first-order chi connectivity index (χ1) is 7.09. The van der Waals surface area contributed by atoms with Crippen molar-refractivity contribution in [2.24, 2.45) is 11.5 Å². The molecule has 0 aliphatic rings. The zero-order valence-corrected chi connectivity index (χ0v) is 12.7. The van der Waals surface area contributed by atoms with E-state index in [1.807, 2.05) is 0 Å². The summed E-state index contributed by atoms with van der Waals surface area (Å²) >= 11 is 0. The minimum Gasteiger partial charge on any atom is -0.480 e. The van der Waals surface area contributed by atoms with Gasteiger partial charge in [0.1, 0.15) is 6.04 Å². The molecule has 0 aliphatic heterocycles. The van der Waals surface area contributed by atoms with Crippen LogP contribution in [-0.2, 0) is 4.79 Å². The number of nitrogens with two attached hydrogens (primary N) is 2. The van der Waals surface area contributed by atoms with Gasteiger partial charge in [0.25, 0.3) is 0 Å². The summed E-state index contributed by atoms with van der Waals surface area (Å²) in [5.74, 6) is -0.933. The molecule has 4 nitrogen and oxygen atoms in total. The summed E-state index contributed by atoms with van der Waals surface area (Å²) < 4.78 is 0. The molecular formula is C11H25N2NaO2. The van der Waals surface area contributed by atoms with Gasteiger partial charge < -0.3 is 23.5 Å². The summed E-state index contributed by atoms with van der Waals surface area (Å²) in [6.07, 6.45) is 5.82. The zero-order valence-electron chi connectivity index (χ0n) is 10.7. The fourth-order valence-corrected chi connectivity index (χ4v) is 0.882. The monoisotopic (exact) mass is 240 g/mol. The van der Waals surface area contributed by atoms with Crippen LogP contribution in [0.3, 0.4) is 0 Å². The molecule has 0 amide bonds. The van der Waals surface area contributed by atoms with Crippen molar-refractivity contribution in [2.75, 3.05) is 6.54 Å². The van der Waals surface area contributed by atoms with Crippen molar-refractivity contribution in [1.29, 1.82) is 0 Å². The topological polar surface area (TPSA) is 89.3 Å². The second kappa shape index (κ2) is 17.8. The molecule has 0 spiro atoms. The molecule has 0 aromatic heterocycles. The van der Waals surface area contributed by atoms with Gasteiger partial charge in [0.2, 0.25) is 0 Å². The molecular weight excluding hydrogens is 215 g/mol. The fraction of sp³-hybridized carbons (Fsp3) is 0.818. The van der Waals surface area contributed by atoms with Gasteiger partial charge in [-0.15, -0.1) is 0 Å². The average Bonchev–Trinajstić information content (AvgIpc) is 2.20. The summed E-state index contributed by atoms with van der Waals surface area (Å²) in [7, 11) is 0. The molecule has 1 unspecified atom stereocenters. The van der Waals surface area contributed by atoms with E-state index in [1.54, 1.807) is 0 Å². The van der Waals surface area contributed by atoms with Crippen LogP contribution in [0.25, 0.3) is 0 Å². The Bertz CT molecular complexity index is 144. The molecule has 0 heterocycles. The maximum Gasteiger partial charge on any atom is 1.00 e. The third kappa shape index (κ3) is 19.9. The van der Waals surface area contributed by atoms with Gasteiger partial charge in [0.05, 0.1) is 0 Å². The minimum absolute atomic E-state index is 0. The Balaban J connectivity index is -0.000000242. The fourth-order valence-electron chi connectivity index (χ4n) is 0.882. The number of rotatable bonds is 7. The number of unbranched alkanes of at least 4 members (excludes halogenated alkanes) is 3. The van der Waals surface area contributed by atoms with Crippen molar-refractivity contribution in [3.05, 3.63) is 6.92 Å². The van der Waals surface area contributed by atoms with Crippen molar-refractivity contribution in [3.63, 3.8) is 0 Å². The van der Waals surface area contributed by atoms with Crippen molar-refractivity contribution >= 4 is 5.97 Å². The number of aliphatic carboxylic acids is 1. The predicted octanol–water partition coefficient (Wildman–Crippen LogP) is -1.46. The molecule has 0 bridgehead atoms. The van der Waals surface area contributed by atoms with Gasteiger partial charge in [-0.1, -0.05) is 26.2 Å². The molecule has 0 fully saturated rings. The molecule has 92 valence electrons. The molecule has 0 aromatic rings. The van der Waals surface area contributed by atoms with Crippen LogP contribution >= 0.6 is 0 Å². The average molecular weight is 240 g/mol. The predicted molar refractivity (Wildman–Crippen MR) is 63.4 cm³/mol. The van der Waals surface area contributed by atoms with Crippen molar-refractivity contribution < 1.29 is 39.5 Å². The van der Waals surface area contributed by atoms with E-state index < -0.39 is 12.0 Å². The first-order valence-electron chi connectivity index (χ1n) is 5.57. The van der Waals surface area contributed by atoms with Crippen LogP contribution in [0.5, 0.6) is 0 Å². The third-order valence-corrected chi connectivity index (χ3v) is 1.89. The Kier molecular flexibility index (Phi) is 24.1. The molecule has 0 rings (SSSR count). The zero-order chi connectivity index (χ0) is 12.1. The van der Waals surface area contributed by atoms with Crippen LogP contribution < -0.4 is 41.0 Å². The summed E-state index contributed by atoms with van der Waals surface area (Å²) in [6, 6.07) is -0.716. The van der Waals surface area contributed by atoms with Gasteiger partial charge >= 0.3 is 35.5 Å². The van der Waals surface area contributed by atoms with Crippen LogP contribution in [0.4, 0.5) is 0 Å². The Labute approximate surface area is 121 Å². The van der Waals surface area contributed by atoms with Crippen LogP contribution in [-0.4, -0.2) is 23.7 Å². The molecule has 1 atom stereocenters. The van der Waals surface area contributed by atoms with Crippen LogP contribution in [0.1, 0.15) is 45.4 Å². The molecule has 5 heteroatoms. The number of carboxylic acid groups (broad SMARTS) is 1. The largest absolute Gasteiger partial charge is 1.00 e. The number of hydrogen-bond donors (Lipinski definition) is 3. The molecule has 0 aromatic carbocycles. The summed E-state index contributed by atoms with van der Waals surface area (Å²) in [5.41, 5.74) is 10.4. The number of carboxylic acids is 1. The molecule has 0 aliphatic carbocycles. The minimum atomic E-state index is -0.933. The molecule has 16 heavy (non-hydrogen) atoms.